The Morgan fingerprint density at radius 2 is 1.88 bits per heavy atom. The van der Waals surface area contributed by atoms with Crippen LogP contribution in [0.3, 0.4) is 0 Å². The number of likely N-dealkylation sites (N-methyl/N-ethyl adjacent to an activating group) is 1. The SMILES string of the molecule is CCN(CCC(=O)OC(C)(C)C)[C@@H](C)C(=O)O. The highest BCUT2D eigenvalue weighted by atomic mass is 16.6. The van der Waals surface area contributed by atoms with E-state index in [1.54, 1.807) is 11.8 Å². The Morgan fingerprint density at radius 3 is 2.24 bits per heavy atom. The van der Waals surface area contributed by atoms with E-state index in [0.717, 1.165) is 0 Å². The molecule has 0 spiro atoms. The molecule has 0 amide bonds. The minimum absolute atomic E-state index is 0.211. The molecule has 0 bridgehead atoms. The quantitative estimate of drug-likeness (QED) is 0.718. The van der Waals surface area contributed by atoms with Crippen molar-refractivity contribution in [1.82, 2.24) is 4.90 Å². The van der Waals surface area contributed by atoms with E-state index in [0.29, 0.717) is 13.1 Å². The van der Waals surface area contributed by atoms with Crippen LogP contribution in [0.25, 0.3) is 0 Å². The molecule has 100 valence electrons. The van der Waals surface area contributed by atoms with Gasteiger partial charge in [-0.2, -0.15) is 0 Å². The topological polar surface area (TPSA) is 66.8 Å². The van der Waals surface area contributed by atoms with Crippen LogP contribution in [0, 0.1) is 0 Å². The molecule has 0 aliphatic rings. The third-order valence-electron chi connectivity index (χ3n) is 2.33. The van der Waals surface area contributed by atoms with Gasteiger partial charge in [0, 0.05) is 6.54 Å². The van der Waals surface area contributed by atoms with Gasteiger partial charge in [0.2, 0.25) is 0 Å². The summed E-state index contributed by atoms with van der Waals surface area (Å²) in [7, 11) is 0. The molecule has 0 aliphatic heterocycles. The molecule has 0 aromatic heterocycles. The van der Waals surface area contributed by atoms with Crippen LogP contribution >= 0.6 is 0 Å². The van der Waals surface area contributed by atoms with Gasteiger partial charge in [0.25, 0.3) is 0 Å². The number of carbonyl (C=O) groups is 2. The van der Waals surface area contributed by atoms with Gasteiger partial charge in [-0.3, -0.25) is 14.5 Å². The fourth-order valence-corrected chi connectivity index (χ4v) is 1.41. The molecule has 0 aliphatic carbocycles. The van der Waals surface area contributed by atoms with E-state index in [2.05, 4.69) is 0 Å². The van der Waals surface area contributed by atoms with Crippen LogP contribution in [0.15, 0.2) is 0 Å². The summed E-state index contributed by atoms with van der Waals surface area (Å²) in [6.07, 6.45) is 0.211. The summed E-state index contributed by atoms with van der Waals surface area (Å²) in [5.74, 6) is -1.18. The summed E-state index contributed by atoms with van der Waals surface area (Å²) in [6, 6.07) is -0.581. The standard InChI is InChI=1S/C12H23NO4/c1-6-13(9(2)11(15)16)8-7-10(14)17-12(3,4)5/h9H,6-8H2,1-5H3,(H,15,16)/t9-/m0/s1. The molecule has 0 saturated carbocycles. The van der Waals surface area contributed by atoms with Crippen LogP contribution in [0.4, 0.5) is 0 Å². The summed E-state index contributed by atoms with van der Waals surface area (Å²) in [4.78, 5) is 24.0. The first kappa shape index (κ1) is 15.9. The number of carboxylic acid groups (broad SMARTS) is 1. The lowest BCUT2D eigenvalue weighted by Gasteiger charge is -2.25. The zero-order valence-electron chi connectivity index (χ0n) is 11.3. The van der Waals surface area contributed by atoms with Crippen LogP contribution in [-0.2, 0) is 14.3 Å². The molecular weight excluding hydrogens is 222 g/mol. The first-order valence-corrected chi connectivity index (χ1v) is 5.86. The maximum absolute atomic E-state index is 11.5. The fourth-order valence-electron chi connectivity index (χ4n) is 1.41. The van der Waals surface area contributed by atoms with Gasteiger partial charge in [-0.1, -0.05) is 6.92 Å². The Kier molecular flexibility index (Phi) is 6.16. The van der Waals surface area contributed by atoms with Gasteiger partial charge in [0.1, 0.15) is 11.6 Å². The van der Waals surface area contributed by atoms with Crippen molar-refractivity contribution in [1.29, 1.82) is 0 Å². The Hall–Kier alpha value is -1.10. The zero-order chi connectivity index (χ0) is 13.6. The minimum atomic E-state index is -0.879. The van der Waals surface area contributed by atoms with Crippen molar-refractivity contribution < 1.29 is 19.4 Å². The molecule has 0 fully saturated rings. The van der Waals surface area contributed by atoms with Crippen LogP contribution in [0.1, 0.15) is 41.0 Å². The third kappa shape index (κ3) is 6.94. The molecule has 0 saturated heterocycles. The molecule has 0 rings (SSSR count). The van der Waals surface area contributed by atoms with E-state index in [9.17, 15) is 9.59 Å². The number of esters is 1. The molecular formula is C12H23NO4. The van der Waals surface area contributed by atoms with E-state index in [1.165, 1.54) is 0 Å². The van der Waals surface area contributed by atoms with E-state index < -0.39 is 17.6 Å². The van der Waals surface area contributed by atoms with E-state index in [-0.39, 0.29) is 12.4 Å². The molecule has 0 aromatic carbocycles. The van der Waals surface area contributed by atoms with E-state index in [1.807, 2.05) is 27.7 Å². The van der Waals surface area contributed by atoms with Crippen molar-refractivity contribution in [2.24, 2.45) is 0 Å². The highest BCUT2D eigenvalue weighted by Crippen LogP contribution is 2.09. The molecule has 17 heavy (non-hydrogen) atoms. The Balaban J connectivity index is 4.16. The van der Waals surface area contributed by atoms with E-state index >= 15 is 0 Å². The second kappa shape index (κ2) is 6.59. The lowest BCUT2D eigenvalue weighted by atomic mass is 10.2. The van der Waals surface area contributed by atoms with Crippen molar-refractivity contribution in [3.05, 3.63) is 0 Å². The van der Waals surface area contributed by atoms with Crippen LogP contribution in [-0.4, -0.2) is 46.7 Å². The smallest absolute Gasteiger partial charge is 0.320 e. The number of carbonyl (C=O) groups excluding carboxylic acids is 1. The number of aliphatic carboxylic acids is 1. The normalized spacial score (nSPS) is 13.5. The Bertz CT molecular complexity index is 270. The third-order valence-corrected chi connectivity index (χ3v) is 2.33. The maximum Gasteiger partial charge on any atom is 0.320 e. The second-order valence-electron chi connectivity index (χ2n) is 4.98. The average Bonchev–Trinajstić information content (AvgIpc) is 2.15. The molecule has 0 heterocycles. The highest BCUT2D eigenvalue weighted by Gasteiger charge is 2.21. The summed E-state index contributed by atoms with van der Waals surface area (Å²) in [5, 5.41) is 8.88. The summed E-state index contributed by atoms with van der Waals surface area (Å²) < 4.78 is 5.16. The van der Waals surface area contributed by atoms with Crippen LogP contribution < -0.4 is 0 Å². The number of ether oxygens (including phenoxy) is 1. The molecule has 1 atom stereocenters. The fraction of sp³-hybridized carbons (Fsp3) is 0.833. The highest BCUT2D eigenvalue weighted by molar-refractivity contribution is 5.73. The van der Waals surface area contributed by atoms with Crippen molar-refractivity contribution in [3.63, 3.8) is 0 Å². The van der Waals surface area contributed by atoms with Gasteiger partial charge < -0.3 is 9.84 Å². The Morgan fingerprint density at radius 1 is 1.35 bits per heavy atom. The first-order valence-electron chi connectivity index (χ1n) is 5.86. The first-order chi connectivity index (χ1) is 7.67. The maximum atomic E-state index is 11.5. The molecule has 5 nitrogen and oxygen atoms in total. The molecule has 0 radical (unpaired) electrons. The number of hydrogen-bond donors (Lipinski definition) is 1. The zero-order valence-corrected chi connectivity index (χ0v) is 11.3. The molecule has 0 unspecified atom stereocenters. The van der Waals surface area contributed by atoms with Crippen molar-refractivity contribution in [2.45, 2.75) is 52.7 Å². The molecule has 1 N–H and O–H groups in total. The molecule has 0 aromatic rings. The van der Waals surface area contributed by atoms with Gasteiger partial charge >= 0.3 is 11.9 Å². The van der Waals surface area contributed by atoms with Gasteiger partial charge in [0.15, 0.2) is 0 Å². The van der Waals surface area contributed by atoms with Crippen molar-refractivity contribution in [2.75, 3.05) is 13.1 Å². The summed E-state index contributed by atoms with van der Waals surface area (Å²) >= 11 is 0. The van der Waals surface area contributed by atoms with Crippen molar-refractivity contribution in [3.8, 4) is 0 Å². The van der Waals surface area contributed by atoms with Crippen LogP contribution in [0.2, 0.25) is 0 Å². The van der Waals surface area contributed by atoms with Gasteiger partial charge in [-0.25, -0.2) is 0 Å². The molecule has 5 heteroatoms. The monoisotopic (exact) mass is 245 g/mol. The average molecular weight is 245 g/mol. The number of carboxylic acids is 1. The largest absolute Gasteiger partial charge is 0.480 e. The number of nitrogens with zero attached hydrogens (tertiary/aromatic N) is 1. The lowest BCUT2D eigenvalue weighted by Crippen LogP contribution is -2.40. The number of rotatable bonds is 6. The summed E-state index contributed by atoms with van der Waals surface area (Å²) in [6.45, 7) is 9.90. The second-order valence-corrected chi connectivity index (χ2v) is 4.98. The Labute approximate surface area is 103 Å². The predicted octanol–water partition coefficient (Wildman–Crippen LogP) is 1.51. The summed E-state index contributed by atoms with van der Waals surface area (Å²) in [5.41, 5.74) is -0.494. The lowest BCUT2D eigenvalue weighted by molar-refractivity contribution is -0.156. The van der Waals surface area contributed by atoms with Gasteiger partial charge in [0.05, 0.1) is 6.42 Å². The van der Waals surface area contributed by atoms with E-state index in [4.69, 9.17) is 9.84 Å². The minimum Gasteiger partial charge on any atom is -0.480 e. The number of hydrogen-bond acceptors (Lipinski definition) is 4. The van der Waals surface area contributed by atoms with Gasteiger partial charge in [-0.15, -0.1) is 0 Å². The van der Waals surface area contributed by atoms with Gasteiger partial charge in [-0.05, 0) is 34.2 Å². The predicted molar refractivity (Wildman–Crippen MR) is 64.8 cm³/mol. The van der Waals surface area contributed by atoms with Crippen molar-refractivity contribution >= 4 is 11.9 Å². The van der Waals surface area contributed by atoms with Crippen LogP contribution in [0.5, 0.6) is 0 Å².